The van der Waals surface area contributed by atoms with E-state index in [4.69, 9.17) is 4.74 Å². The number of hydrogen-bond acceptors (Lipinski definition) is 3. The molecule has 1 fully saturated rings. The number of carbonyl (C=O) groups is 2. The molecule has 1 atom stereocenters. The summed E-state index contributed by atoms with van der Waals surface area (Å²) in [5.74, 6) is -0.797. The molecule has 1 unspecified atom stereocenters. The van der Waals surface area contributed by atoms with E-state index in [1.165, 1.54) is 24.3 Å². The largest absolute Gasteiger partial charge is 0.365 e. The molecule has 2 aromatic rings. The van der Waals surface area contributed by atoms with Gasteiger partial charge in [-0.05, 0) is 48.9 Å². The molecule has 0 bridgehead atoms. The van der Waals surface area contributed by atoms with E-state index in [0.29, 0.717) is 12.1 Å². The summed E-state index contributed by atoms with van der Waals surface area (Å²) in [5.41, 5.74) is 2.27. The molecule has 0 saturated carbocycles. The Balaban J connectivity index is 1.61. The predicted octanol–water partition coefficient (Wildman–Crippen LogP) is 2.30. The number of rotatable bonds is 4. The fourth-order valence-electron chi connectivity index (χ4n) is 2.70. The van der Waals surface area contributed by atoms with E-state index in [2.05, 4.69) is 5.32 Å². The van der Waals surface area contributed by atoms with Crippen molar-refractivity contribution in [2.45, 2.75) is 13.0 Å². The highest BCUT2D eigenvalue weighted by molar-refractivity contribution is 5.95. The molecular formula is C19H19FN2O3. The molecule has 0 spiro atoms. The lowest BCUT2D eigenvalue weighted by atomic mass is 10.1. The lowest BCUT2D eigenvalue weighted by molar-refractivity contribution is -0.129. The van der Waals surface area contributed by atoms with Crippen molar-refractivity contribution < 1.29 is 18.7 Å². The van der Waals surface area contributed by atoms with Gasteiger partial charge in [0.2, 0.25) is 0 Å². The molecule has 2 amide bonds. The Morgan fingerprint density at radius 3 is 2.76 bits per heavy atom. The number of morpholine rings is 1. The molecule has 1 saturated heterocycles. The van der Waals surface area contributed by atoms with Crippen LogP contribution < -0.4 is 10.2 Å². The summed E-state index contributed by atoms with van der Waals surface area (Å²) in [6, 6.07) is 13.0. The van der Waals surface area contributed by atoms with Crippen molar-refractivity contribution in [2.75, 3.05) is 24.6 Å². The van der Waals surface area contributed by atoms with Gasteiger partial charge in [0.15, 0.2) is 0 Å². The van der Waals surface area contributed by atoms with Crippen molar-refractivity contribution in [1.29, 1.82) is 0 Å². The quantitative estimate of drug-likeness (QED) is 0.927. The zero-order valence-electron chi connectivity index (χ0n) is 13.9. The second kappa shape index (κ2) is 7.44. The van der Waals surface area contributed by atoms with Gasteiger partial charge in [0, 0.05) is 17.8 Å². The number of nitrogens with zero attached hydrogens (tertiary/aromatic N) is 1. The van der Waals surface area contributed by atoms with Gasteiger partial charge in [0.1, 0.15) is 12.4 Å². The number of amides is 2. The Morgan fingerprint density at radius 1 is 1.28 bits per heavy atom. The Morgan fingerprint density at radius 2 is 2.04 bits per heavy atom. The summed E-state index contributed by atoms with van der Waals surface area (Å²) in [7, 11) is 0. The summed E-state index contributed by atoms with van der Waals surface area (Å²) in [5, 5.41) is 2.76. The van der Waals surface area contributed by atoms with E-state index in [-0.39, 0.29) is 36.9 Å². The number of benzene rings is 2. The number of ether oxygens (including phenoxy) is 1. The van der Waals surface area contributed by atoms with Gasteiger partial charge in [-0.3, -0.25) is 9.59 Å². The maximum Gasteiger partial charge on any atom is 0.253 e. The van der Waals surface area contributed by atoms with Crippen molar-refractivity contribution in [2.24, 2.45) is 0 Å². The number of aryl methyl sites for hydroxylation is 1. The third-order valence-corrected chi connectivity index (χ3v) is 4.04. The molecule has 0 radical (unpaired) electrons. The lowest BCUT2D eigenvalue weighted by Gasteiger charge is -2.33. The molecule has 1 aliphatic heterocycles. The first-order valence-corrected chi connectivity index (χ1v) is 8.05. The number of halogens is 1. The highest BCUT2D eigenvalue weighted by Gasteiger charge is 2.27. The van der Waals surface area contributed by atoms with Crippen LogP contribution in [0, 0.1) is 12.7 Å². The van der Waals surface area contributed by atoms with Crippen molar-refractivity contribution in [3.05, 3.63) is 65.5 Å². The van der Waals surface area contributed by atoms with Crippen molar-refractivity contribution in [1.82, 2.24) is 5.32 Å². The van der Waals surface area contributed by atoms with Gasteiger partial charge in [-0.2, -0.15) is 0 Å². The summed E-state index contributed by atoms with van der Waals surface area (Å²) in [6.45, 7) is 2.58. The molecule has 0 aromatic heterocycles. The monoisotopic (exact) mass is 342 g/mol. The van der Waals surface area contributed by atoms with Gasteiger partial charge in [-0.25, -0.2) is 4.39 Å². The Hall–Kier alpha value is -2.73. The lowest BCUT2D eigenvalue weighted by Crippen LogP contribution is -2.50. The minimum atomic E-state index is -0.389. The maximum absolute atomic E-state index is 12.9. The van der Waals surface area contributed by atoms with Crippen molar-refractivity contribution in [3.8, 4) is 0 Å². The number of carbonyl (C=O) groups excluding carboxylic acids is 2. The molecule has 0 aliphatic carbocycles. The van der Waals surface area contributed by atoms with Crippen LogP contribution in [0.2, 0.25) is 0 Å². The van der Waals surface area contributed by atoms with Crippen LogP contribution in [0.3, 0.4) is 0 Å². The predicted molar refractivity (Wildman–Crippen MR) is 92.0 cm³/mol. The maximum atomic E-state index is 12.9. The average Bonchev–Trinajstić information content (AvgIpc) is 2.61. The summed E-state index contributed by atoms with van der Waals surface area (Å²) in [4.78, 5) is 25.9. The van der Waals surface area contributed by atoms with Gasteiger partial charge in [-0.15, -0.1) is 0 Å². The molecule has 130 valence electrons. The third-order valence-electron chi connectivity index (χ3n) is 4.04. The fraction of sp³-hybridized carbons (Fsp3) is 0.263. The average molecular weight is 342 g/mol. The van der Waals surface area contributed by atoms with Crippen LogP contribution >= 0.6 is 0 Å². The third kappa shape index (κ3) is 4.22. The molecule has 2 aromatic carbocycles. The Kier molecular flexibility index (Phi) is 5.09. The minimum absolute atomic E-state index is 0.0228. The summed E-state index contributed by atoms with van der Waals surface area (Å²) >= 11 is 0. The summed E-state index contributed by atoms with van der Waals surface area (Å²) in [6.07, 6.45) is -0.303. The molecule has 5 nitrogen and oxygen atoms in total. The normalized spacial score (nSPS) is 17.4. The van der Waals surface area contributed by atoms with E-state index in [9.17, 15) is 14.0 Å². The van der Waals surface area contributed by atoms with E-state index in [1.54, 1.807) is 4.90 Å². The zero-order valence-corrected chi connectivity index (χ0v) is 13.9. The highest BCUT2D eigenvalue weighted by atomic mass is 19.1. The van der Waals surface area contributed by atoms with Gasteiger partial charge < -0.3 is 15.0 Å². The van der Waals surface area contributed by atoms with Crippen LogP contribution in [0.15, 0.2) is 48.5 Å². The standard InChI is InChI=1S/C19H19FN2O3/c1-13-3-2-4-16(9-13)22-11-17(25-12-18(22)23)10-21-19(24)14-5-7-15(20)8-6-14/h2-9,17H,10-12H2,1H3,(H,21,24). The molecular weight excluding hydrogens is 323 g/mol. The fourth-order valence-corrected chi connectivity index (χ4v) is 2.70. The van der Waals surface area contributed by atoms with Crippen LogP contribution in [0.25, 0.3) is 0 Å². The topological polar surface area (TPSA) is 58.6 Å². The first kappa shape index (κ1) is 17.1. The minimum Gasteiger partial charge on any atom is -0.365 e. The second-order valence-electron chi connectivity index (χ2n) is 5.99. The number of hydrogen-bond donors (Lipinski definition) is 1. The van der Waals surface area contributed by atoms with Crippen LogP contribution in [0.1, 0.15) is 15.9 Å². The Bertz CT molecular complexity index is 776. The second-order valence-corrected chi connectivity index (χ2v) is 5.99. The van der Waals surface area contributed by atoms with Gasteiger partial charge in [-0.1, -0.05) is 12.1 Å². The molecule has 1 aliphatic rings. The van der Waals surface area contributed by atoms with E-state index < -0.39 is 0 Å². The van der Waals surface area contributed by atoms with Crippen LogP contribution in [-0.4, -0.2) is 37.6 Å². The van der Waals surface area contributed by atoms with Crippen LogP contribution in [0.4, 0.5) is 10.1 Å². The molecule has 6 heteroatoms. The van der Waals surface area contributed by atoms with Crippen LogP contribution in [-0.2, 0) is 9.53 Å². The van der Waals surface area contributed by atoms with Gasteiger partial charge in [0.05, 0.1) is 12.6 Å². The number of anilines is 1. The molecule has 1 heterocycles. The Labute approximate surface area is 145 Å². The van der Waals surface area contributed by atoms with E-state index in [1.807, 2.05) is 31.2 Å². The van der Waals surface area contributed by atoms with E-state index >= 15 is 0 Å². The van der Waals surface area contributed by atoms with Gasteiger partial charge >= 0.3 is 0 Å². The summed E-state index contributed by atoms with van der Waals surface area (Å²) < 4.78 is 18.4. The zero-order chi connectivity index (χ0) is 17.8. The molecule has 25 heavy (non-hydrogen) atoms. The van der Waals surface area contributed by atoms with Crippen molar-refractivity contribution >= 4 is 17.5 Å². The van der Waals surface area contributed by atoms with Crippen molar-refractivity contribution in [3.63, 3.8) is 0 Å². The van der Waals surface area contributed by atoms with E-state index in [0.717, 1.165) is 11.3 Å². The first-order chi connectivity index (χ1) is 12.0. The smallest absolute Gasteiger partial charge is 0.253 e. The SMILES string of the molecule is Cc1cccc(N2CC(CNC(=O)c3ccc(F)cc3)OCC2=O)c1. The van der Waals surface area contributed by atoms with Gasteiger partial charge in [0.25, 0.3) is 11.8 Å². The molecule has 1 N–H and O–H groups in total. The first-order valence-electron chi connectivity index (χ1n) is 8.05. The molecule has 3 rings (SSSR count). The van der Waals surface area contributed by atoms with Crippen LogP contribution in [0.5, 0.6) is 0 Å². The number of nitrogens with one attached hydrogen (secondary N) is 1. The highest BCUT2D eigenvalue weighted by Crippen LogP contribution is 2.19.